The van der Waals surface area contributed by atoms with Crippen molar-refractivity contribution >= 4 is 17.5 Å². The molecule has 0 fully saturated rings. The number of carbonyl (C=O) groups excluding carboxylic acids is 2. The standard InChI is InChI=1S/C20H32N2O2/c1-13(2)11-21-19(24)12-22(16(7)23)20-17(14(3)4)9-8-10-18(20)15(5)6/h8-10,13-15H,11-12H2,1-7H3,(H,21,24). The number of nitrogens with zero attached hydrogens (tertiary/aromatic N) is 1. The highest BCUT2D eigenvalue weighted by molar-refractivity contribution is 5.99. The summed E-state index contributed by atoms with van der Waals surface area (Å²) in [6, 6.07) is 6.13. The number of anilines is 1. The van der Waals surface area contributed by atoms with Gasteiger partial charge in [0.15, 0.2) is 0 Å². The van der Waals surface area contributed by atoms with Gasteiger partial charge in [0.2, 0.25) is 11.8 Å². The molecule has 1 N–H and O–H groups in total. The molecule has 0 atom stereocenters. The molecular weight excluding hydrogens is 300 g/mol. The highest BCUT2D eigenvalue weighted by Gasteiger charge is 2.24. The molecule has 0 saturated heterocycles. The summed E-state index contributed by atoms with van der Waals surface area (Å²) in [4.78, 5) is 26.2. The topological polar surface area (TPSA) is 49.4 Å². The second-order valence-corrected chi connectivity index (χ2v) is 7.40. The molecule has 0 unspecified atom stereocenters. The Hall–Kier alpha value is -1.84. The normalized spacial score (nSPS) is 11.2. The molecule has 2 amide bonds. The summed E-state index contributed by atoms with van der Waals surface area (Å²) in [6.07, 6.45) is 0. The maximum absolute atomic E-state index is 12.3. The zero-order valence-corrected chi connectivity index (χ0v) is 16.1. The molecule has 0 aliphatic heterocycles. The van der Waals surface area contributed by atoms with E-state index in [9.17, 15) is 9.59 Å². The Morgan fingerprint density at radius 2 is 1.50 bits per heavy atom. The molecule has 0 spiro atoms. The van der Waals surface area contributed by atoms with Gasteiger partial charge in [-0.15, -0.1) is 0 Å². The van der Waals surface area contributed by atoms with E-state index in [-0.39, 0.29) is 30.2 Å². The van der Waals surface area contributed by atoms with Crippen LogP contribution in [0.2, 0.25) is 0 Å². The van der Waals surface area contributed by atoms with Crippen LogP contribution in [0.5, 0.6) is 0 Å². The molecule has 24 heavy (non-hydrogen) atoms. The average molecular weight is 332 g/mol. The zero-order valence-electron chi connectivity index (χ0n) is 16.1. The first kappa shape index (κ1) is 20.2. The van der Waals surface area contributed by atoms with Gasteiger partial charge in [-0.3, -0.25) is 9.59 Å². The molecule has 0 heterocycles. The summed E-state index contributed by atoms with van der Waals surface area (Å²) in [5.74, 6) is 0.712. The van der Waals surface area contributed by atoms with Gasteiger partial charge in [0.1, 0.15) is 6.54 Å². The second kappa shape index (κ2) is 8.86. The van der Waals surface area contributed by atoms with Crippen molar-refractivity contribution in [2.75, 3.05) is 18.0 Å². The fraction of sp³-hybridized carbons (Fsp3) is 0.600. The molecule has 0 radical (unpaired) electrons. The highest BCUT2D eigenvalue weighted by atomic mass is 16.2. The maximum Gasteiger partial charge on any atom is 0.240 e. The van der Waals surface area contributed by atoms with E-state index in [4.69, 9.17) is 0 Å². The molecule has 4 heteroatoms. The molecule has 0 saturated carbocycles. The van der Waals surface area contributed by atoms with Gasteiger partial charge in [-0.2, -0.15) is 0 Å². The van der Waals surface area contributed by atoms with Crippen LogP contribution in [0.15, 0.2) is 18.2 Å². The third-order valence-electron chi connectivity index (χ3n) is 4.00. The van der Waals surface area contributed by atoms with Gasteiger partial charge in [0.05, 0.1) is 5.69 Å². The molecule has 0 aliphatic rings. The average Bonchev–Trinajstić information content (AvgIpc) is 2.49. The predicted molar refractivity (Wildman–Crippen MR) is 100 cm³/mol. The molecule has 0 bridgehead atoms. The summed E-state index contributed by atoms with van der Waals surface area (Å²) in [5.41, 5.74) is 3.11. The van der Waals surface area contributed by atoms with Gasteiger partial charge in [-0.1, -0.05) is 59.7 Å². The van der Waals surface area contributed by atoms with E-state index in [0.717, 1.165) is 16.8 Å². The summed E-state index contributed by atoms with van der Waals surface area (Å²) >= 11 is 0. The Bertz CT molecular complexity index is 551. The van der Waals surface area contributed by atoms with Crippen LogP contribution in [0.25, 0.3) is 0 Å². The lowest BCUT2D eigenvalue weighted by Crippen LogP contribution is -2.41. The Balaban J connectivity index is 3.25. The minimum Gasteiger partial charge on any atom is -0.354 e. The van der Waals surface area contributed by atoms with Crippen molar-refractivity contribution in [1.82, 2.24) is 5.32 Å². The highest BCUT2D eigenvalue weighted by Crippen LogP contribution is 2.35. The number of hydrogen-bond acceptors (Lipinski definition) is 2. The minimum atomic E-state index is -0.118. The maximum atomic E-state index is 12.3. The van der Waals surface area contributed by atoms with Crippen molar-refractivity contribution in [2.24, 2.45) is 5.92 Å². The number of amides is 2. The van der Waals surface area contributed by atoms with Crippen molar-refractivity contribution in [3.63, 3.8) is 0 Å². The molecule has 0 aromatic heterocycles. The quantitative estimate of drug-likeness (QED) is 0.818. The van der Waals surface area contributed by atoms with E-state index in [1.165, 1.54) is 6.92 Å². The van der Waals surface area contributed by atoms with Crippen LogP contribution in [0.1, 0.15) is 71.4 Å². The fourth-order valence-corrected chi connectivity index (χ4v) is 2.69. The van der Waals surface area contributed by atoms with Gasteiger partial charge in [0, 0.05) is 13.5 Å². The van der Waals surface area contributed by atoms with E-state index in [1.54, 1.807) is 4.90 Å². The molecule has 0 aliphatic carbocycles. The second-order valence-electron chi connectivity index (χ2n) is 7.40. The number of hydrogen-bond donors (Lipinski definition) is 1. The SMILES string of the molecule is CC(=O)N(CC(=O)NCC(C)C)c1c(C(C)C)cccc1C(C)C. The van der Waals surface area contributed by atoms with Crippen molar-refractivity contribution in [2.45, 2.75) is 60.3 Å². The third kappa shape index (κ3) is 5.36. The van der Waals surface area contributed by atoms with Crippen LogP contribution in [0.4, 0.5) is 5.69 Å². The molecule has 134 valence electrons. The van der Waals surface area contributed by atoms with E-state index in [1.807, 2.05) is 32.0 Å². The molecule has 1 rings (SSSR count). The van der Waals surface area contributed by atoms with Crippen LogP contribution < -0.4 is 10.2 Å². The number of rotatable bonds is 7. The smallest absolute Gasteiger partial charge is 0.240 e. The van der Waals surface area contributed by atoms with Crippen LogP contribution in [-0.4, -0.2) is 24.9 Å². The van der Waals surface area contributed by atoms with E-state index in [0.29, 0.717) is 12.5 Å². The van der Waals surface area contributed by atoms with E-state index >= 15 is 0 Å². The Labute approximate surface area is 146 Å². The monoisotopic (exact) mass is 332 g/mol. The molecular formula is C20H32N2O2. The first-order valence-corrected chi connectivity index (χ1v) is 8.82. The fourth-order valence-electron chi connectivity index (χ4n) is 2.69. The number of nitrogens with one attached hydrogen (secondary N) is 1. The van der Waals surface area contributed by atoms with Gasteiger partial charge in [-0.05, 0) is 28.9 Å². The van der Waals surface area contributed by atoms with Gasteiger partial charge < -0.3 is 10.2 Å². The van der Waals surface area contributed by atoms with Crippen molar-refractivity contribution < 1.29 is 9.59 Å². The van der Waals surface area contributed by atoms with Gasteiger partial charge in [-0.25, -0.2) is 0 Å². The Morgan fingerprint density at radius 3 is 1.88 bits per heavy atom. The summed E-state index contributed by atoms with van der Waals surface area (Å²) in [5, 5.41) is 2.90. The Kier molecular flexibility index (Phi) is 7.46. The van der Waals surface area contributed by atoms with Crippen molar-refractivity contribution in [3.8, 4) is 0 Å². The number of carbonyl (C=O) groups is 2. The lowest BCUT2D eigenvalue weighted by molar-refractivity contribution is -0.123. The van der Waals surface area contributed by atoms with Crippen LogP contribution in [0.3, 0.4) is 0 Å². The van der Waals surface area contributed by atoms with Gasteiger partial charge in [0.25, 0.3) is 0 Å². The first-order chi connectivity index (χ1) is 11.1. The predicted octanol–water partition coefficient (Wildman–Crippen LogP) is 4.06. The summed E-state index contributed by atoms with van der Waals surface area (Å²) in [6.45, 7) is 14.7. The molecule has 1 aromatic rings. The van der Waals surface area contributed by atoms with Crippen LogP contribution in [0, 0.1) is 5.92 Å². The zero-order chi connectivity index (χ0) is 18.4. The van der Waals surface area contributed by atoms with Gasteiger partial charge >= 0.3 is 0 Å². The van der Waals surface area contributed by atoms with Crippen molar-refractivity contribution in [3.05, 3.63) is 29.3 Å². The number of benzene rings is 1. The minimum absolute atomic E-state index is 0.0610. The lowest BCUT2D eigenvalue weighted by atomic mass is 9.91. The van der Waals surface area contributed by atoms with Crippen LogP contribution >= 0.6 is 0 Å². The summed E-state index contributed by atoms with van der Waals surface area (Å²) < 4.78 is 0. The molecule has 1 aromatic carbocycles. The summed E-state index contributed by atoms with van der Waals surface area (Å²) in [7, 11) is 0. The van der Waals surface area contributed by atoms with E-state index < -0.39 is 0 Å². The first-order valence-electron chi connectivity index (χ1n) is 8.82. The lowest BCUT2D eigenvalue weighted by Gasteiger charge is -2.29. The largest absolute Gasteiger partial charge is 0.354 e. The third-order valence-corrected chi connectivity index (χ3v) is 4.00. The number of para-hydroxylation sites is 1. The molecule has 4 nitrogen and oxygen atoms in total. The van der Waals surface area contributed by atoms with E-state index in [2.05, 4.69) is 33.0 Å². The van der Waals surface area contributed by atoms with Crippen molar-refractivity contribution in [1.29, 1.82) is 0 Å². The van der Waals surface area contributed by atoms with Crippen LogP contribution in [-0.2, 0) is 9.59 Å². The Morgan fingerprint density at radius 1 is 1.00 bits per heavy atom.